The maximum Gasteiger partial charge on any atom is 0.355 e. The van der Waals surface area contributed by atoms with Crippen LogP contribution in [0.1, 0.15) is 20.3 Å². The number of carboxylic acid groups (broad SMARTS) is 1. The number of carbonyl (C=O) groups excluding carboxylic acids is 1. The second-order valence-corrected chi connectivity index (χ2v) is 4.58. The molecule has 1 heterocycles. The number of hydrogen-bond donors (Lipinski definition) is 2. The monoisotopic (exact) mass is 311 g/mol. The van der Waals surface area contributed by atoms with E-state index in [1.165, 1.54) is 5.38 Å². The molecule has 0 spiro atoms. The molecule has 2 N–H and O–H groups in total. The average molecular weight is 311 g/mol. The Morgan fingerprint density at radius 3 is 2.67 bits per heavy atom. The van der Waals surface area contributed by atoms with Gasteiger partial charge in [0.15, 0.2) is 16.5 Å². The number of nitrogens with zero attached hydrogens (tertiary/aromatic N) is 2. The molecule has 8 nitrogen and oxygen atoms in total. The highest BCUT2D eigenvalue weighted by molar-refractivity contribution is 7.12. The third-order valence-electron chi connectivity index (χ3n) is 2.33. The van der Waals surface area contributed by atoms with Crippen molar-refractivity contribution in [2.24, 2.45) is 0 Å². The van der Waals surface area contributed by atoms with Gasteiger partial charge in [-0.2, -0.15) is 0 Å². The number of rotatable bonds is 4. The van der Waals surface area contributed by atoms with Crippen LogP contribution in [0, 0.1) is 15.9 Å². The molecule has 10 heteroatoms. The van der Waals surface area contributed by atoms with Crippen molar-refractivity contribution in [2.45, 2.75) is 0 Å². The molecule has 0 aliphatic heterocycles. The van der Waals surface area contributed by atoms with E-state index < -0.39 is 28.3 Å². The number of non-ortho nitro benzene ring substituents is 1. The number of nitro groups is 1. The highest BCUT2D eigenvalue weighted by Gasteiger charge is 2.17. The van der Waals surface area contributed by atoms with Crippen molar-refractivity contribution in [1.29, 1.82) is 0 Å². The molecular formula is C11H6FN3O5S. The van der Waals surface area contributed by atoms with Gasteiger partial charge in [-0.05, 0) is 6.07 Å². The first-order valence-electron chi connectivity index (χ1n) is 5.32. The van der Waals surface area contributed by atoms with E-state index in [2.05, 4.69) is 10.3 Å². The van der Waals surface area contributed by atoms with Crippen LogP contribution in [0.2, 0.25) is 0 Å². The molecule has 1 amide bonds. The molecular weight excluding hydrogens is 305 g/mol. The predicted molar refractivity (Wildman–Crippen MR) is 70.1 cm³/mol. The van der Waals surface area contributed by atoms with Crippen LogP contribution in [0.15, 0.2) is 23.6 Å². The number of aromatic carboxylic acids is 1. The number of nitrogens with one attached hydrogen (secondary N) is 1. The van der Waals surface area contributed by atoms with Crippen molar-refractivity contribution in [2.75, 3.05) is 5.32 Å². The fourth-order valence-corrected chi connectivity index (χ4v) is 2.06. The average Bonchev–Trinajstić information content (AvgIpc) is 2.90. The van der Waals surface area contributed by atoms with Gasteiger partial charge in [-0.3, -0.25) is 14.9 Å². The summed E-state index contributed by atoms with van der Waals surface area (Å²) in [5.74, 6) is -3.07. The Balaban J connectivity index is 2.19. The number of carbonyl (C=O) groups is 2. The summed E-state index contributed by atoms with van der Waals surface area (Å²) in [6, 6.07) is 2.74. The van der Waals surface area contributed by atoms with Gasteiger partial charge in [0.2, 0.25) is 0 Å². The van der Waals surface area contributed by atoms with E-state index in [0.717, 1.165) is 23.5 Å². The van der Waals surface area contributed by atoms with Crippen molar-refractivity contribution in [3.05, 3.63) is 50.2 Å². The standard InChI is InChI=1S/C11H6FN3O5S/c12-6-3-5(15(19)20)1-2-7(6)13-9(16)10-14-8(4-21-10)11(17)18/h1-4H,(H,13,16)(H,17,18). The Labute approximate surface area is 120 Å². The smallest absolute Gasteiger partial charge is 0.355 e. The first-order valence-corrected chi connectivity index (χ1v) is 6.20. The highest BCUT2D eigenvalue weighted by Crippen LogP contribution is 2.21. The maximum atomic E-state index is 13.6. The summed E-state index contributed by atoms with van der Waals surface area (Å²) in [6.45, 7) is 0. The second-order valence-electron chi connectivity index (χ2n) is 3.72. The zero-order valence-electron chi connectivity index (χ0n) is 10.1. The molecule has 0 aliphatic carbocycles. The van der Waals surface area contributed by atoms with Crippen LogP contribution in [0.25, 0.3) is 0 Å². The van der Waals surface area contributed by atoms with E-state index in [0.29, 0.717) is 6.07 Å². The molecule has 2 aromatic rings. The molecule has 0 fully saturated rings. The summed E-state index contributed by atoms with van der Waals surface area (Å²) >= 11 is 0.784. The van der Waals surface area contributed by atoms with Gasteiger partial charge in [0.1, 0.15) is 0 Å². The van der Waals surface area contributed by atoms with Gasteiger partial charge in [-0.25, -0.2) is 14.2 Å². The molecule has 1 aromatic carbocycles. The number of nitro benzene ring substituents is 1. The van der Waals surface area contributed by atoms with Crippen molar-refractivity contribution in [1.82, 2.24) is 4.98 Å². The lowest BCUT2D eigenvalue weighted by molar-refractivity contribution is -0.385. The zero-order chi connectivity index (χ0) is 15.6. The first-order chi connectivity index (χ1) is 9.88. The number of thiazole rings is 1. The molecule has 0 unspecified atom stereocenters. The summed E-state index contributed by atoms with van der Waals surface area (Å²) in [5, 5.41) is 22.3. The molecule has 21 heavy (non-hydrogen) atoms. The van der Waals surface area contributed by atoms with Crippen LogP contribution in [0.3, 0.4) is 0 Å². The number of carboxylic acids is 1. The third-order valence-corrected chi connectivity index (χ3v) is 3.17. The number of halogens is 1. The largest absolute Gasteiger partial charge is 0.476 e. The van der Waals surface area contributed by atoms with Crippen LogP contribution in [0.4, 0.5) is 15.8 Å². The molecule has 108 valence electrons. The van der Waals surface area contributed by atoms with Crippen LogP contribution >= 0.6 is 11.3 Å². The van der Waals surface area contributed by atoms with Crippen molar-refractivity contribution in [3.8, 4) is 0 Å². The van der Waals surface area contributed by atoms with Gasteiger partial charge in [0, 0.05) is 11.4 Å². The number of anilines is 1. The Morgan fingerprint density at radius 2 is 2.14 bits per heavy atom. The number of benzene rings is 1. The number of aromatic nitrogens is 1. The van der Waals surface area contributed by atoms with E-state index in [1.807, 2.05) is 0 Å². The van der Waals surface area contributed by atoms with Gasteiger partial charge in [0.25, 0.3) is 11.6 Å². The minimum Gasteiger partial charge on any atom is -0.476 e. The summed E-state index contributed by atoms with van der Waals surface area (Å²) < 4.78 is 13.6. The summed E-state index contributed by atoms with van der Waals surface area (Å²) in [4.78, 5) is 35.7. The van der Waals surface area contributed by atoms with Crippen LogP contribution in [-0.2, 0) is 0 Å². The fraction of sp³-hybridized carbons (Fsp3) is 0. The van der Waals surface area contributed by atoms with E-state index in [1.54, 1.807) is 0 Å². The second kappa shape index (κ2) is 5.63. The molecule has 0 saturated carbocycles. The molecule has 0 atom stereocenters. The Hall–Kier alpha value is -2.88. The van der Waals surface area contributed by atoms with Crippen molar-refractivity contribution < 1.29 is 24.0 Å². The molecule has 1 aromatic heterocycles. The summed E-state index contributed by atoms with van der Waals surface area (Å²) in [5.41, 5.74) is -1.01. The van der Waals surface area contributed by atoms with Gasteiger partial charge >= 0.3 is 5.97 Å². The highest BCUT2D eigenvalue weighted by atomic mass is 32.1. The molecule has 2 rings (SSSR count). The number of hydrogen-bond acceptors (Lipinski definition) is 6. The van der Waals surface area contributed by atoms with E-state index >= 15 is 0 Å². The molecule has 0 aliphatic rings. The minimum atomic E-state index is -1.29. The normalized spacial score (nSPS) is 10.1. The lowest BCUT2D eigenvalue weighted by Crippen LogP contribution is -2.13. The molecule has 0 saturated heterocycles. The lowest BCUT2D eigenvalue weighted by atomic mass is 10.2. The van der Waals surface area contributed by atoms with E-state index in [4.69, 9.17) is 5.11 Å². The predicted octanol–water partition coefficient (Wildman–Crippen LogP) is 2.14. The van der Waals surface area contributed by atoms with E-state index in [9.17, 15) is 24.1 Å². The topological polar surface area (TPSA) is 122 Å². The summed E-state index contributed by atoms with van der Waals surface area (Å²) in [6.07, 6.45) is 0. The summed E-state index contributed by atoms with van der Waals surface area (Å²) in [7, 11) is 0. The SMILES string of the molecule is O=C(O)c1csc(C(=O)Nc2ccc([N+](=O)[O-])cc2F)n1. The van der Waals surface area contributed by atoms with Gasteiger partial charge in [-0.15, -0.1) is 11.3 Å². The fourth-order valence-electron chi connectivity index (χ4n) is 1.37. The van der Waals surface area contributed by atoms with Gasteiger partial charge < -0.3 is 10.4 Å². The van der Waals surface area contributed by atoms with Gasteiger partial charge in [-0.1, -0.05) is 0 Å². The Bertz CT molecular complexity index is 745. The minimum absolute atomic E-state index is 0.162. The lowest BCUT2D eigenvalue weighted by Gasteiger charge is -2.04. The Kier molecular flexibility index (Phi) is 3.89. The van der Waals surface area contributed by atoms with Crippen LogP contribution in [0.5, 0.6) is 0 Å². The Morgan fingerprint density at radius 1 is 1.43 bits per heavy atom. The van der Waals surface area contributed by atoms with Crippen molar-refractivity contribution in [3.63, 3.8) is 0 Å². The maximum absolute atomic E-state index is 13.6. The van der Waals surface area contributed by atoms with E-state index in [-0.39, 0.29) is 16.4 Å². The van der Waals surface area contributed by atoms with Crippen LogP contribution < -0.4 is 5.32 Å². The van der Waals surface area contributed by atoms with Crippen molar-refractivity contribution >= 4 is 34.6 Å². The molecule has 0 radical (unpaired) electrons. The first kappa shape index (κ1) is 14.5. The van der Waals surface area contributed by atoms with Crippen LogP contribution in [-0.4, -0.2) is 26.9 Å². The zero-order valence-corrected chi connectivity index (χ0v) is 10.9. The van der Waals surface area contributed by atoms with Gasteiger partial charge in [0.05, 0.1) is 16.7 Å². The number of amides is 1. The molecule has 0 bridgehead atoms. The third kappa shape index (κ3) is 3.17. The quantitative estimate of drug-likeness (QED) is 0.658.